The van der Waals surface area contributed by atoms with E-state index in [1.807, 2.05) is 24.3 Å². The van der Waals surface area contributed by atoms with Gasteiger partial charge in [0.25, 0.3) is 0 Å². The molecule has 0 unspecified atom stereocenters. The van der Waals surface area contributed by atoms with Gasteiger partial charge in [0.05, 0.1) is 13.2 Å². The van der Waals surface area contributed by atoms with Crippen molar-refractivity contribution in [2.75, 3.05) is 13.2 Å². The molecule has 0 radical (unpaired) electrons. The molecule has 0 heterocycles. The molecule has 0 N–H and O–H groups in total. The van der Waals surface area contributed by atoms with Gasteiger partial charge in [0.2, 0.25) is 0 Å². The molecule has 0 aromatic heterocycles. The third kappa shape index (κ3) is 10.6. The Morgan fingerprint density at radius 2 is 1.58 bits per heavy atom. The number of halogens is 1. The number of carbonyl (C=O) groups is 1. The van der Waals surface area contributed by atoms with E-state index in [1.54, 1.807) is 0 Å². The second-order valence-electron chi connectivity index (χ2n) is 10.9. The average Bonchev–Trinajstić information content (AvgIpc) is 2.94. The van der Waals surface area contributed by atoms with Crippen LogP contribution in [-0.2, 0) is 16.0 Å². The summed E-state index contributed by atoms with van der Waals surface area (Å²) in [5.74, 6) is 1.76. The highest BCUT2D eigenvalue weighted by atomic mass is 19.1. The third-order valence-corrected chi connectivity index (χ3v) is 7.95. The molecule has 3 rings (SSSR count). The zero-order valence-electron chi connectivity index (χ0n) is 23.4. The van der Waals surface area contributed by atoms with Crippen molar-refractivity contribution in [3.63, 3.8) is 0 Å². The van der Waals surface area contributed by atoms with Crippen molar-refractivity contribution in [2.24, 2.45) is 11.8 Å². The summed E-state index contributed by atoms with van der Waals surface area (Å²) in [5.41, 5.74) is 2.86. The molecular formula is C34H47FO3. The maximum atomic E-state index is 14.8. The van der Waals surface area contributed by atoms with Gasteiger partial charge < -0.3 is 9.47 Å². The standard InChI is InChI=1S/C34H47FO3/c1-3-5-8-11-27-12-14-28(15-13-27)16-17-29-18-20-30(21-19-29)32-23-22-31(26-33(32)35)37-24-9-6-7-10-25-38-34(36)4-2/h4,18-23,26-28H,2-3,5-17,24-25H2,1H3. The van der Waals surface area contributed by atoms with Crippen LogP contribution in [0, 0.1) is 17.7 Å². The Hall–Kier alpha value is -2.62. The van der Waals surface area contributed by atoms with Gasteiger partial charge in [0.15, 0.2) is 0 Å². The Morgan fingerprint density at radius 3 is 2.24 bits per heavy atom. The monoisotopic (exact) mass is 522 g/mol. The summed E-state index contributed by atoms with van der Waals surface area (Å²) in [6, 6.07) is 13.6. The number of hydrogen-bond acceptors (Lipinski definition) is 3. The van der Waals surface area contributed by atoms with E-state index in [1.165, 1.54) is 75.5 Å². The summed E-state index contributed by atoms with van der Waals surface area (Å²) in [6.45, 7) is 6.62. The van der Waals surface area contributed by atoms with Gasteiger partial charge in [0.1, 0.15) is 11.6 Å². The molecule has 2 aromatic carbocycles. The third-order valence-electron chi connectivity index (χ3n) is 7.95. The summed E-state index contributed by atoms with van der Waals surface area (Å²) in [6.07, 6.45) is 18.3. The van der Waals surface area contributed by atoms with Crippen molar-refractivity contribution < 1.29 is 18.7 Å². The first-order valence-corrected chi connectivity index (χ1v) is 14.9. The SMILES string of the molecule is C=CC(=O)OCCCCCCOc1ccc(-c2ccc(CCC3CCC(CCCCC)CC3)cc2)c(F)c1. The van der Waals surface area contributed by atoms with Crippen molar-refractivity contribution in [2.45, 2.75) is 96.8 Å². The molecule has 0 spiro atoms. The molecule has 0 saturated heterocycles. The normalized spacial score (nSPS) is 17.2. The number of rotatable bonds is 17. The molecule has 38 heavy (non-hydrogen) atoms. The van der Waals surface area contributed by atoms with Gasteiger partial charge in [-0.25, -0.2) is 9.18 Å². The minimum Gasteiger partial charge on any atom is -0.493 e. The van der Waals surface area contributed by atoms with E-state index < -0.39 is 0 Å². The quantitative estimate of drug-likeness (QED) is 0.118. The number of hydrogen-bond donors (Lipinski definition) is 0. The fraction of sp³-hybridized carbons (Fsp3) is 0.559. The second-order valence-corrected chi connectivity index (χ2v) is 10.9. The van der Waals surface area contributed by atoms with E-state index in [-0.39, 0.29) is 11.8 Å². The van der Waals surface area contributed by atoms with Crippen LogP contribution in [0.15, 0.2) is 55.1 Å². The summed E-state index contributed by atoms with van der Waals surface area (Å²) >= 11 is 0. The molecule has 3 nitrogen and oxygen atoms in total. The predicted molar refractivity (Wildman–Crippen MR) is 155 cm³/mol. The van der Waals surface area contributed by atoms with E-state index in [9.17, 15) is 9.18 Å². The number of carbonyl (C=O) groups excluding carboxylic acids is 1. The number of benzene rings is 2. The maximum absolute atomic E-state index is 14.8. The molecule has 4 heteroatoms. The lowest BCUT2D eigenvalue weighted by Crippen LogP contribution is -2.15. The minimum absolute atomic E-state index is 0.255. The van der Waals surface area contributed by atoms with Crippen LogP contribution in [0.25, 0.3) is 11.1 Å². The molecule has 1 saturated carbocycles. The first-order valence-electron chi connectivity index (χ1n) is 14.9. The number of esters is 1. The zero-order chi connectivity index (χ0) is 27.0. The largest absolute Gasteiger partial charge is 0.493 e. The van der Waals surface area contributed by atoms with Gasteiger partial charge >= 0.3 is 5.97 Å². The summed E-state index contributed by atoms with van der Waals surface area (Å²) < 4.78 is 25.5. The van der Waals surface area contributed by atoms with Gasteiger partial charge in [0, 0.05) is 17.7 Å². The Kier molecular flexibility index (Phi) is 13.4. The van der Waals surface area contributed by atoms with E-state index >= 15 is 0 Å². The Balaban J connectivity index is 1.35. The average molecular weight is 523 g/mol. The molecule has 1 aliphatic rings. The summed E-state index contributed by atoms with van der Waals surface area (Å²) in [5, 5.41) is 0. The highest BCUT2D eigenvalue weighted by Crippen LogP contribution is 2.34. The van der Waals surface area contributed by atoms with Crippen molar-refractivity contribution >= 4 is 5.97 Å². The maximum Gasteiger partial charge on any atom is 0.330 e. The topological polar surface area (TPSA) is 35.5 Å². The Labute approximate surface area is 229 Å². The van der Waals surface area contributed by atoms with Crippen LogP contribution >= 0.6 is 0 Å². The predicted octanol–water partition coefficient (Wildman–Crippen LogP) is 9.48. The van der Waals surface area contributed by atoms with Crippen molar-refractivity contribution in [1.82, 2.24) is 0 Å². The van der Waals surface area contributed by atoms with Gasteiger partial charge in [-0.1, -0.05) is 89.1 Å². The van der Waals surface area contributed by atoms with Crippen molar-refractivity contribution in [3.8, 4) is 16.9 Å². The van der Waals surface area contributed by atoms with Gasteiger partial charge in [-0.2, -0.15) is 0 Å². The molecule has 0 amide bonds. The lowest BCUT2D eigenvalue weighted by Gasteiger charge is -2.28. The smallest absolute Gasteiger partial charge is 0.330 e. The van der Waals surface area contributed by atoms with Crippen LogP contribution in [0.5, 0.6) is 5.75 Å². The van der Waals surface area contributed by atoms with Gasteiger partial charge in [-0.3, -0.25) is 0 Å². The van der Waals surface area contributed by atoms with Gasteiger partial charge in [-0.05, 0) is 73.6 Å². The van der Waals surface area contributed by atoms with Crippen LogP contribution < -0.4 is 4.74 Å². The molecule has 208 valence electrons. The van der Waals surface area contributed by atoms with Crippen molar-refractivity contribution in [3.05, 3.63) is 66.5 Å². The molecule has 2 aromatic rings. The summed E-state index contributed by atoms with van der Waals surface area (Å²) in [7, 11) is 0. The van der Waals surface area contributed by atoms with Gasteiger partial charge in [-0.15, -0.1) is 0 Å². The highest BCUT2D eigenvalue weighted by Gasteiger charge is 2.20. The Bertz CT molecular complexity index is 960. The second kappa shape index (κ2) is 17.1. The first kappa shape index (κ1) is 29.9. The van der Waals surface area contributed by atoms with E-state index in [0.29, 0.717) is 24.5 Å². The molecule has 0 bridgehead atoms. The number of unbranched alkanes of at least 4 members (excludes halogenated alkanes) is 5. The Morgan fingerprint density at radius 1 is 0.895 bits per heavy atom. The zero-order valence-corrected chi connectivity index (χ0v) is 23.4. The fourth-order valence-electron chi connectivity index (χ4n) is 5.51. The minimum atomic E-state index is -0.379. The lowest BCUT2D eigenvalue weighted by atomic mass is 9.78. The number of ether oxygens (including phenoxy) is 2. The van der Waals surface area contributed by atoms with Crippen LogP contribution in [0.2, 0.25) is 0 Å². The molecular weight excluding hydrogens is 475 g/mol. The van der Waals surface area contributed by atoms with E-state index in [0.717, 1.165) is 49.5 Å². The van der Waals surface area contributed by atoms with E-state index in [2.05, 4.69) is 25.6 Å². The molecule has 1 aliphatic carbocycles. The fourth-order valence-corrected chi connectivity index (χ4v) is 5.51. The van der Waals surface area contributed by atoms with Crippen LogP contribution in [0.1, 0.15) is 96.0 Å². The van der Waals surface area contributed by atoms with Crippen molar-refractivity contribution in [1.29, 1.82) is 0 Å². The number of aryl methyl sites for hydroxylation is 1. The first-order chi connectivity index (χ1) is 18.6. The summed E-state index contributed by atoms with van der Waals surface area (Å²) in [4.78, 5) is 11.0. The van der Waals surface area contributed by atoms with Crippen LogP contribution in [-0.4, -0.2) is 19.2 Å². The molecule has 1 fully saturated rings. The lowest BCUT2D eigenvalue weighted by molar-refractivity contribution is -0.137. The van der Waals surface area contributed by atoms with E-state index in [4.69, 9.17) is 9.47 Å². The highest BCUT2D eigenvalue weighted by molar-refractivity contribution is 5.81. The van der Waals surface area contributed by atoms with Crippen LogP contribution in [0.3, 0.4) is 0 Å². The molecule has 0 atom stereocenters. The van der Waals surface area contributed by atoms with Crippen LogP contribution in [0.4, 0.5) is 4.39 Å². The molecule has 0 aliphatic heterocycles.